The molecule has 4 nitrogen and oxygen atoms in total. The number of halogens is 1. The van der Waals surface area contributed by atoms with Crippen molar-refractivity contribution in [3.63, 3.8) is 0 Å². The zero-order chi connectivity index (χ0) is 21.4. The molecule has 0 radical (unpaired) electrons. The minimum Gasteiger partial charge on any atom is -0.495 e. The van der Waals surface area contributed by atoms with E-state index in [1.807, 2.05) is 34.4 Å². The van der Waals surface area contributed by atoms with Crippen molar-refractivity contribution in [2.24, 2.45) is 0 Å². The lowest BCUT2D eigenvalue weighted by atomic mass is 9.88. The molecule has 1 unspecified atom stereocenters. The van der Waals surface area contributed by atoms with Crippen molar-refractivity contribution >= 4 is 34.7 Å². The highest BCUT2D eigenvalue weighted by atomic mass is 35.5. The van der Waals surface area contributed by atoms with E-state index in [0.717, 1.165) is 12.0 Å². The third-order valence-corrected chi connectivity index (χ3v) is 7.88. The molecule has 31 heavy (non-hydrogen) atoms. The number of thiophene rings is 1. The molecular weight excluding hydrogens is 428 g/mol. The molecule has 0 fully saturated rings. The number of nitrogens with one attached hydrogen (secondary N) is 1. The molecule has 1 aromatic heterocycles. The Morgan fingerprint density at radius 1 is 1.10 bits per heavy atom. The van der Waals surface area contributed by atoms with Gasteiger partial charge in [0.2, 0.25) is 0 Å². The third-order valence-electron chi connectivity index (χ3n) is 6.25. The molecule has 2 aromatic carbocycles. The molecule has 1 aliphatic heterocycles. The van der Waals surface area contributed by atoms with Crippen molar-refractivity contribution in [1.29, 1.82) is 0 Å². The lowest BCUT2D eigenvalue weighted by Gasteiger charge is -2.36. The Bertz CT molecular complexity index is 1110. The van der Waals surface area contributed by atoms with Gasteiger partial charge in [-0.3, -0.25) is 0 Å². The number of rotatable bonds is 3. The first-order chi connectivity index (χ1) is 15.2. The SMILES string of the molecule is COc1ccc(Cl)cc1NC(=O)N1CCc2c(sc3c2CCCC3)C1c1ccccc1. The van der Waals surface area contributed by atoms with Crippen LogP contribution < -0.4 is 10.1 Å². The fourth-order valence-corrected chi connectivity index (χ4v) is 6.56. The molecule has 6 heteroatoms. The smallest absolute Gasteiger partial charge is 0.322 e. The summed E-state index contributed by atoms with van der Waals surface area (Å²) in [5.74, 6) is 0.596. The van der Waals surface area contributed by atoms with Gasteiger partial charge < -0.3 is 15.0 Å². The van der Waals surface area contributed by atoms with Crippen LogP contribution in [0.3, 0.4) is 0 Å². The minimum atomic E-state index is -0.133. The number of urea groups is 1. The molecule has 2 amide bonds. The van der Waals surface area contributed by atoms with Gasteiger partial charge in [0.25, 0.3) is 0 Å². The van der Waals surface area contributed by atoms with Crippen LogP contribution in [0.25, 0.3) is 0 Å². The summed E-state index contributed by atoms with van der Waals surface area (Å²) >= 11 is 8.08. The molecular formula is C25H25ClN2O2S. The van der Waals surface area contributed by atoms with E-state index in [-0.39, 0.29) is 12.1 Å². The van der Waals surface area contributed by atoms with Crippen molar-refractivity contribution in [3.05, 3.63) is 80.0 Å². The molecule has 5 rings (SSSR count). The molecule has 0 saturated heterocycles. The Labute approximate surface area is 191 Å². The number of fused-ring (bicyclic) bond motifs is 3. The molecule has 2 heterocycles. The van der Waals surface area contributed by atoms with Gasteiger partial charge in [-0.2, -0.15) is 0 Å². The standard InChI is InChI=1S/C25H25ClN2O2S/c1-30-21-12-11-17(26)15-20(21)27-25(29)28-14-13-19-18-9-5-6-10-22(18)31-24(19)23(28)16-7-3-2-4-8-16/h2-4,7-8,11-12,15,23H,5-6,9-10,13-14H2,1H3,(H,27,29). The third kappa shape index (κ3) is 3.81. The van der Waals surface area contributed by atoms with Crippen LogP contribution in [0.5, 0.6) is 5.75 Å². The van der Waals surface area contributed by atoms with Gasteiger partial charge in [0.15, 0.2) is 0 Å². The van der Waals surface area contributed by atoms with E-state index < -0.39 is 0 Å². The number of methoxy groups -OCH3 is 1. The summed E-state index contributed by atoms with van der Waals surface area (Å²) in [5.41, 5.74) is 4.78. The first-order valence-corrected chi connectivity index (χ1v) is 11.9. The number of benzene rings is 2. The van der Waals surface area contributed by atoms with Crippen LogP contribution in [0.1, 0.15) is 45.3 Å². The van der Waals surface area contributed by atoms with Gasteiger partial charge in [0.1, 0.15) is 5.75 Å². The van der Waals surface area contributed by atoms with E-state index in [1.165, 1.54) is 41.0 Å². The maximum Gasteiger partial charge on any atom is 0.322 e. The Balaban J connectivity index is 1.53. The average molecular weight is 453 g/mol. The Morgan fingerprint density at radius 2 is 1.90 bits per heavy atom. The van der Waals surface area contributed by atoms with E-state index >= 15 is 0 Å². The number of carbonyl (C=O) groups excluding carboxylic acids is 1. The number of aryl methyl sites for hydroxylation is 1. The number of ether oxygens (including phenoxy) is 1. The summed E-state index contributed by atoms with van der Waals surface area (Å²) in [6, 6.07) is 15.4. The first kappa shape index (κ1) is 20.4. The Hall–Kier alpha value is -2.50. The van der Waals surface area contributed by atoms with Gasteiger partial charge in [-0.05, 0) is 67.0 Å². The maximum absolute atomic E-state index is 13.5. The summed E-state index contributed by atoms with van der Waals surface area (Å²) in [5, 5.41) is 3.60. The second-order valence-electron chi connectivity index (χ2n) is 8.09. The fraction of sp³-hybridized carbons (Fsp3) is 0.320. The van der Waals surface area contributed by atoms with Gasteiger partial charge in [-0.1, -0.05) is 41.9 Å². The monoisotopic (exact) mass is 452 g/mol. The van der Waals surface area contributed by atoms with Crippen LogP contribution in [-0.2, 0) is 19.3 Å². The van der Waals surface area contributed by atoms with Crippen molar-refractivity contribution in [3.8, 4) is 5.75 Å². The van der Waals surface area contributed by atoms with Crippen LogP contribution in [0.4, 0.5) is 10.5 Å². The molecule has 1 N–H and O–H groups in total. The zero-order valence-electron chi connectivity index (χ0n) is 17.5. The molecule has 0 spiro atoms. The highest BCUT2D eigenvalue weighted by molar-refractivity contribution is 7.12. The largest absolute Gasteiger partial charge is 0.495 e. The van der Waals surface area contributed by atoms with Crippen molar-refractivity contribution in [2.75, 3.05) is 19.0 Å². The zero-order valence-corrected chi connectivity index (χ0v) is 19.1. The number of nitrogens with zero attached hydrogens (tertiary/aromatic N) is 1. The second-order valence-corrected chi connectivity index (χ2v) is 9.66. The maximum atomic E-state index is 13.5. The number of hydrogen-bond donors (Lipinski definition) is 1. The highest BCUT2D eigenvalue weighted by Gasteiger charge is 2.36. The summed E-state index contributed by atoms with van der Waals surface area (Å²) in [6.07, 6.45) is 5.78. The summed E-state index contributed by atoms with van der Waals surface area (Å²) in [7, 11) is 1.59. The topological polar surface area (TPSA) is 41.6 Å². The van der Waals surface area contributed by atoms with Gasteiger partial charge >= 0.3 is 6.03 Å². The van der Waals surface area contributed by atoms with Gasteiger partial charge in [0.05, 0.1) is 18.8 Å². The van der Waals surface area contributed by atoms with Gasteiger partial charge in [-0.25, -0.2) is 4.79 Å². The normalized spacial score (nSPS) is 17.6. The van der Waals surface area contributed by atoms with Crippen LogP contribution in [-0.4, -0.2) is 24.6 Å². The quantitative estimate of drug-likeness (QED) is 0.494. The number of amides is 2. The van der Waals surface area contributed by atoms with Crippen LogP contribution in [0, 0.1) is 0 Å². The van der Waals surface area contributed by atoms with Crippen molar-refractivity contribution in [1.82, 2.24) is 4.90 Å². The summed E-state index contributed by atoms with van der Waals surface area (Å²) in [6.45, 7) is 0.685. The lowest BCUT2D eigenvalue weighted by molar-refractivity contribution is 0.195. The van der Waals surface area contributed by atoms with E-state index in [9.17, 15) is 4.79 Å². The predicted octanol–water partition coefficient (Wildman–Crippen LogP) is 6.47. The van der Waals surface area contributed by atoms with Gasteiger partial charge in [-0.15, -0.1) is 11.3 Å². The molecule has 1 atom stereocenters. The van der Waals surface area contributed by atoms with Crippen LogP contribution in [0.15, 0.2) is 48.5 Å². The molecule has 1 aliphatic carbocycles. The molecule has 0 saturated carbocycles. The minimum absolute atomic E-state index is 0.0780. The van der Waals surface area contributed by atoms with Crippen LogP contribution >= 0.6 is 22.9 Å². The average Bonchev–Trinajstić information content (AvgIpc) is 3.18. The first-order valence-electron chi connectivity index (χ1n) is 10.7. The number of carbonyl (C=O) groups is 1. The van der Waals surface area contributed by atoms with Gasteiger partial charge in [0, 0.05) is 21.3 Å². The van der Waals surface area contributed by atoms with E-state index in [4.69, 9.17) is 16.3 Å². The van der Waals surface area contributed by atoms with Crippen LogP contribution in [0.2, 0.25) is 5.02 Å². The molecule has 0 bridgehead atoms. The fourth-order valence-electron chi connectivity index (χ4n) is 4.80. The summed E-state index contributed by atoms with van der Waals surface area (Å²) in [4.78, 5) is 18.3. The van der Waals surface area contributed by atoms with E-state index in [1.54, 1.807) is 30.9 Å². The van der Waals surface area contributed by atoms with Crippen molar-refractivity contribution in [2.45, 2.75) is 38.1 Å². The highest BCUT2D eigenvalue weighted by Crippen LogP contribution is 2.45. The van der Waals surface area contributed by atoms with Crippen molar-refractivity contribution < 1.29 is 9.53 Å². The lowest BCUT2D eigenvalue weighted by Crippen LogP contribution is -2.42. The number of anilines is 1. The second kappa shape index (κ2) is 8.56. The molecule has 3 aromatic rings. The Morgan fingerprint density at radius 3 is 2.71 bits per heavy atom. The number of hydrogen-bond acceptors (Lipinski definition) is 3. The van der Waals surface area contributed by atoms with E-state index in [0.29, 0.717) is 23.0 Å². The van der Waals surface area contributed by atoms with E-state index in [2.05, 4.69) is 17.4 Å². The molecule has 2 aliphatic rings. The Kier molecular flexibility index (Phi) is 5.63. The molecule has 160 valence electrons. The predicted molar refractivity (Wildman–Crippen MR) is 127 cm³/mol. The summed E-state index contributed by atoms with van der Waals surface area (Å²) < 4.78 is 5.42.